The van der Waals surface area contributed by atoms with E-state index in [1.54, 1.807) is 9.80 Å². The summed E-state index contributed by atoms with van der Waals surface area (Å²) in [6.07, 6.45) is 0.294. The van der Waals surface area contributed by atoms with Crippen molar-refractivity contribution in [2.75, 3.05) is 33.3 Å². The molecule has 0 aliphatic carbocycles. The highest BCUT2D eigenvalue weighted by molar-refractivity contribution is 5.81. The Morgan fingerprint density at radius 1 is 1.25 bits per heavy atom. The first-order valence-electron chi connectivity index (χ1n) is 5.47. The zero-order valence-corrected chi connectivity index (χ0v) is 9.81. The number of methoxy groups -OCH3 is 1. The third-order valence-electron chi connectivity index (χ3n) is 2.78. The maximum absolute atomic E-state index is 11.7. The maximum Gasteiger partial charge on any atom is 0.409 e. The van der Waals surface area contributed by atoms with Gasteiger partial charge in [-0.25, -0.2) is 4.79 Å². The largest absolute Gasteiger partial charge is 0.453 e. The highest BCUT2D eigenvalue weighted by atomic mass is 16.5. The fourth-order valence-electron chi connectivity index (χ4n) is 1.65. The molecule has 2 amide bonds. The number of rotatable bonds is 2. The zero-order valence-electron chi connectivity index (χ0n) is 9.81. The van der Waals surface area contributed by atoms with Crippen LogP contribution in [0, 0.1) is 0 Å². The lowest BCUT2D eigenvalue weighted by molar-refractivity contribution is -0.134. The van der Waals surface area contributed by atoms with Crippen molar-refractivity contribution in [1.29, 1.82) is 0 Å². The summed E-state index contributed by atoms with van der Waals surface area (Å²) in [6.45, 7) is 3.96. The molecule has 0 radical (unpaired) electrons. The van der Waals surface area contributed by atoms with E-state index in [2.05, 4.69) is 4.74 Å². The Morgan fingerprint density at radius 2 is 1.75 bits per heavy atom. The summed E-state index contributed by atoms with van der Waals surface area (Å²) in [6, 6.07) is -0.426. The van der Waals surface area contributed by atoms with Crippen LogP contribution in [0.15, 0.2) is 0 Å². The summed E-state index contributed by atoms with van der Waals surface area (Å²) in [7, 11) is 1.35. The first kappa shape index (κ1) is 12.8. The summed E-state index contributed by atoms with van der Waals surface area (Å²) in [4.78, 5) is 26.2. The average molecular weight is 229 g/mol. The SMILES string of the molecule is CCC(N)C(=O)N1CCN(C(=O)OC)CC1. The summed E-state index contributed by atoms with van der Waals surface area (Å²) < 4.78 is 4.61. The van der Waals surface area contributed by atoms with Crippen LogP contribution in [0.4, 0.5) is 4.79 Å². The highest BCUT2D eigenvalue weighted by Gasteiger charge is 2.26. The van der Waals surface area contributed by atoms with E-state index in [0.717, 1.165) is 0 Å². The molecule has 1 heterocycles. The number of nitrogens with two attached hydrogens (primary N) is 1. The minimum Gasteiger partial charge on any atom is -0.453 e. The molecular weight excluding hydrogens is 210 g/mol. The van der Waals surface area contributed by atoms with Crippen LogP contribution in [0.3, 0.4) is 0 Å². The number of carbonyl (C=O) groups is 2. The molecule has 1 aliphatic heterocycles. The Balaban J connectivity index is 2.43. The number of carbonyl (C=O) groups excluding carboxylic acids is 2. The van der Waals surface area contributed by atoms with E-state index in [4.69, 9.17) is 5.73 Å². The van der Waals surface area contributed by atoms with Crippen molar-refractivity contribution < 1.29 is 14.3 Å². The second kappa shape index (κ2) is 5.69. The van der Waals surface area contributed by atoms with Gasteiger partial charge in [-0.05, 0) is 6.42 Å². The molecule has 1 fully saturated rings. The summed E-state index contributed by atoms with van der Waals surface area (Å²) in [5, 5.41) is 0. The first-order valence-corrected chi connectivity index (χ1v) is 5.47. The molecule has 0 aromatic rings. The van der Waals surface area contributed by atoms with Gasteiger partial charge in [0.1, 0.15) is 0 Å². The molecule has 0 saturated carbocycles. The molecule has 2 N–H and O–H groups in total. The van der Waals surface area contributed by atoms with Crippen LogP contribution in [0.1, 0.15) is 13.3 Å². The smallest absolute Gasteiger partial charge is 0.409 e. The van der Waals surface area contributed by atoms with Crippen molar-refractivity contribution in [1.82, 2.24) is 9.80 Å². The van der Waals surface area contributed by atoms with Gasteiger partial charge in [0.2, 0.25) is 5.91 Å². The number of nitrogens with zero attached hydrogens (tertiary/aromatic N) is 2. The molecule has 1 unspecified atom stereocenters. The third-order valence-corrected chi connectivity index (χ3v) is 2.78. The monoisotopic (exact) mass is 229 g/mol. The van der Waals surface area contributed by atoms with Gasteiger partial charge in [0.15, 0.2) is 0 Å². The molecule has 1 atom stereocenters. The van der Waals surface area contributed by atoms with Crippen LogP contribution >= 0.6 is 0 Å². The lowest BCUT2D eigenvalue weighted by atomic mass is 10.2. The molecule has 6 heteroatoms. The summed E-state index contributed by atoms with van der Waals surface area (Å²) in [5.41, 5.74) is 5.67. The van der Waals surface area contributed by atoms with Gasteiger partial charge < -0.3 is 20.3 Å². The van der Waals surface area contributed by atoms with Gasteiger partial charge in [0.25, 0.3) is 0 Å². The minimum absolute atomic E-state index is 0.0352. The van der Waals surface area contributed by atoms with E-state index < -0.39 is 6.04 Å². The van der Waals surface area contributed by atoms with Crippen molar-refractivity contribution in [3.8, 4) is 0 Å². The molecule has 0 aromatic heterocycles. The Hall–Kier alpha value is -1.30. The van der Waals surface area contributed by atoms with Gasteiger partial charge in [-0.2, -0.15) is 0 Å². The van der Waals surface area contributed by atoms with Crippen LogP contribution in [0.5, 0.6) is 0 Å². The quantitative estimate of drug-likeness (QED) is 0.701. The Labute approximate surface area is 95.3 Å². The number of hydrogen-bond donors (Lipinski definition) is 1. The van der Waals surface area contributed by atoms with Gasteiger partial charge in [0.05, 0.1) is 13.2 Å². The number of hydrogen-bond acceptors (Lipinski definition) is 4. The standard InChI is InChI=1S/C10H19N3O3/c1-3-8(11)9(14)12-4-6-13(7-5-12)10(15)16-2/h8H,3-7,11H2,1-2H3. The molecule has 0 aromatic carbocycles. The molecule has 0 spiro atoms. The lowest BCUT2D eigenvalue weighted by Gasteiger charge is -2.34. The Kier molecular flexibility index (Phi) is 4.54. The summed E-state index contributed by atoms with van der Waals surface area (Å²) >= 11 is 0. The van der Waals surface area contributed by atoms with Gasteiger partial charge in [-0.15, -0.1) is 0 Å². The van der Waals surface area contributed by atoms with E-state index in [0.29, 0.717) is 32.6 Å². The second-order valence-corrected chi connectivity index (χ2v) is 3.80. The Bertz CT molecular complexity index is 262. The molecular formula is C10H19N3O3. The maximum atomic E-state index is 11.7. The number of piperazine rings is 1. The Morgan fingerprint density at radius 3 is 2.19 bits per heavy atom. The topological polar surface area (TPSA) is 75.9 Å². The second-order valence-electron chi connectivity index (χ2n) is 3.80. The van der Waals surface area contributed by atoms with Crippen molar-refractivity contribution in [3.63, 3.8) is 0 Å². The average Bonchev–Trinajstić information content (AvgIpc) is 2.36. The molecule has 92 valence electrons. The van der Waals surface area contributed by atoms with Crippen molar-refractivity contribution in [3.05, 3.63) is 0 Å². The zero-order chi connectivity index (χ0) is 12.1. The molecule has 1 aliphatic rings. The molecule has 6 nitrogen and oxygen atoms in total. The fraction of sp³-hybridized carbons (Fsp3) is 0.800. The first-order chi connectivity index (χ1) is 7.60. The van der Waals surface area contributed by atoms with Crippen molar-refractivity contribution in [2.45, 2.75) is 19.4 Å². The van der Waals surface area contributed by atoms with Crippen molar-refractivity contribution in [2.24, 2.45) is 5.73 Å². The molecule has 1 rings (SSSR count). The van der Waals surface area contributed by atoms with Crippen LogP contribution < -0.4 is 5.73 Å². The molecule has 0 bridgehead atoms. The minimum atomic E-state index is -0.426. The van der Waals surface area contributed by atoms with E-state index in [1.165, 1.54) is 7.11 Å². The van der Waals surface area contributed by atoms with Crippen molar-refractivity contribution >= 4 is 12.0 Å². The molecule has 1 saturated heterocycles. The predicted octanol–water partition coefficient (Wildman–Crippen LogP) is -0.366. The van der Waals surface area contributed by atoms with Gasteiger partial charge in [-0.3, -0.25) is 4.79 Å². The van der Waals surface area contributed by atoms with Crippen LogP contribution in [-0.2, 0) is 9.53 Å². The number of ether oxygens (including phenoxy) is 1. The van der Waals surface area contributed by atoms with Crippen LogP contribution in [-0.4, -0.2) is 61.1 Å². The van der Waals surface area contributed by atoms with Gasteiger partial charge in [0, 0.05) is 26.2 Å². The van der Waals surface area contributed by atoms with E-state index in [1.807, 2.05) is 6.92 Å². The predicted molar refractivity (Wildman–Crippen MR) is 58.8 cm³/mol. The van der Waals surface area contributed by atoms with E-state index >= 15 is 0 Å². The molecule has 16 heavy (non-hydrogen) atoms. The highest BCUT2D eigenvalue weighted by Crippen LogP contribution is 2.05. The van der Waals surface area contributed by atoms with Gasteiger partial charge in [-0.1, -0.05) is 6.92 Å². The third kappa shape index (κ3) is 2.85. The lowest BCUT2D eigenvalue weighted by Crippen LogP contribution is -2.54. The summed E-state index contributed by atoms with van der Waals surface area (Å²) in [5.74, 6) is -0.0352. The number of amides is 2. The van der Waals surface area contributed by atoms with Crippen LogP contribution in [0.25, 0.3) is 0 Å². The van der Waals surface area contributed by atoms with Crippen LogP contribution in [0.2, 0.25) is 0 Å². The van der Waals surface area contributed by atoms with E-state index in [-0.39, 0.29) is 12.0 Å². The van der Waals surface area contributed by atoms with E-state index in [9.17, 15) is 9.59 Å². The fourth-order valence-corrected chi connectivity index (χ4v) is 1.65. The normalized spacial score (nSPS) is 18.2. The van der Waals surface area contributed by atoms with Gasteiger partial charge >= 0.3 is 6.09 Å².